The van der Waals surface area contributed by atoms with Crippen molar-refractivity contribution in [1.82, 2.24) is 0 Å². The smallest absolute Gasteiger partial charge is 1.00 e. The molecule has 0 fully saturated rings. The summed E-state index contributed by atoms with van der Waals surface area (Å²) in [6.45, 7) is 13.9. The Balaban J connectivity index is 0.00000194. The van der Waals surface area contributed by atoms with Crippen molar-refractivity contribution in [3.8, 4) is 11.1 Å². The molecule has 0 saturated carbocycles. The number of aryl methyl sites for hydroxylation is 2. The molecule has 2 aliphatic rings. The fraction of sp³-hybridized carbons (Fsp3) is 0.237. The van der Waals surface area contributed by atoms with E-state index in [1.807, 2.05) is 0 Å². The molecule has 4 aromatic carbocycles. The van der Waals surface area contributed by atoms with Gasteiger partial charge in [0.15, 0.2) is 0 Å². The van der Waals surface area contributed by atoms with Gasteiger partial charge in [0, 0.05) is 0 Å². The summed E-state index contributed by atoms with van der Waals surface area (Å²) in [6, 6.07) is 34.9. The molecule has 1 atom stereocenters. The predicted molar refractivity (Wildman–Crippen MR) is 165 cm³/mol. The van der Waals surface area contributed by atoms with Gasteiger partial charge in [-0.2, -0.15) is 0 Å². The maximum atomic E-state index is 2.61. The standard InChI is InChI=1S/C15H14.C13H9.C10H15.2ClH.Zr/c1-12-3-7-14(8-4-12)11-15-9-5-13(2)6-10-15;1-3-7-12-10(5-1)9-11-6-2-4-8-13(11)12;1-8-5-6-9(7-8)10(2,3)4;;;/h3-10H,1-2H3;1-5,7-8H,9H2;6-8H,1-4H3;2*1H;/q;;;;;+2/p-2. The Morgan fingerprint density at radius 2 is 1.27 bits per heavy atom. The number of allylic oxidation sites excluding steroid dienone is 4. The average Bonchev–Trinajstić information content (AvgIpc) is 3.49. The van der Waals surface area contributed by atoms with Crippen LogP contribution in [0.25, 0.3) is 11.1 Å². The van der Waals surface area contributed by atoms with Crippen molar-refractivity contribution in [3.63, 3.8) is 0 Å². The van der Waals surface area contributed by atoms with Crippen LogP contribution < -0.4 is 28.1 Å². The van der Waals surface area contributed by atoms with Crippen molar-refractivity contribution in [2.24, 2.45) is 11.3 Å². The molecule has 0 saturated heterocycles. The van der Waals surface area contributed by atoms with Gasteiger partial charge in [-0.25, -0.2) is 0 Å². The zero-order chi connectivity index (χ0) is 27.3. The zero-order valence-electron chi connectivity index (χ0n) is 24.9. The van der Waals surface area contributed by atoms with Crippen molar-refractivity contribution >= 4 is 6.48 Å². The van der Waals surface area contributed by atoms with Gasteiger partial charge in [0.1, 0.15) is 0 Å². The Bertz CT molecular complexity index is 1620. The van der Waals surface area contributed by atoms with Crippen LogP contribution in [0.15, 0.2) is 112 Å². The summed E-state index contributed by atoms with van der Waals surface area (Å²) in [5, 5.41) is 0. The second-order valence-electron chi connectivity index (χ2n) is 12.4. The van der Waals surface area contributed by atoms with Gasteiger partial charge in [0.2, 0.25) is 0 Å². The molecule has 0 spiro atoms. The minimum atomic E-state index is -2.70. The number of fused-ring (bicyclic) bond motifs is 3. The van der Waals surface area contributed by atoms with Crippen molar-refractivity contribution in [1.29, 1.82) is 0 Å². The van der Waals surface area contributed by atoms with Gasteiger partial charge in [-0.05, 0) is 0 Å². The van der Waals surface area contributed by atoms with Gasteiger partial charge in [-0.3, -0.25) is 0 Å². The monoisotopic (exact) mass is 654 g/mol. The van der Waals surface area contributed by atoms with Gasteiger partial charge in [0.05, 0.1) is 0 Å². The zero-order valence-corrected chi connectivity index (χ0v) is 28.8. The summed E-state index contributed by atoms with van der Waals surface area (Å²) in [5.41, 5.74) is 13.0. The summed E-state index contributed by atoms with van der Waals surface area (Å²) in [7, 11) is 0. The molecule has 208 valence electrons. The van der Waals surface area contributed by atoms with E-state index >= 15 is 0 Å². The molecule has 4 aromatic rings. The number of halogens is 2. The van der Waals surface area contributed by atoms with Crippen molar-refractivity contribution in [2.45, 2.75) is 48.0 Å². The summed E-state index contributed by atoms with van der Waals surface area (Å²) < 4.78 is 4.94. The quantitative estimate of drug-likeness (QED) is 0.279. The molecule has 0 amide bonds. The van der Waals surface area contributed by atoms with E-state index in [1.54, 1.807) is 15.3 Å². The van der Waals surface area contributed by atoms with E-state index in [2.05, 4.69) is 145 Å². The first-order chi connectivity index (χ1) is 18.7. The number of benzene rings is 4. The van der Waals surface area contributed by atoms with Crippen LogP contribution in [0.5, 0.6) is 0 Å². The normalized spacial score (nSPS) is 14.9. The van der Waals surface area contributed by atoms with Gasteiger partial charge in [-0.15, -0.1) is 0 Å². The summed E-state index contributed by atoms with van der Waals surface area (Å²) in [4.78, 5) is 0. The fourth-order valence-corrected chi connectivity index (χ4v) is 14.6. The third-order valence-electron chi connectivity index (χ3n) is 8.44. The molecule has 6 rings (SSSR count). The first-order valence-corrected chi connectivity index (χ1v) is 17.9. The number of hydrogen-bond acceptors (Lipinski definition) is 0. The van der Waals surface area contributed by atoms with Crippen LogP contribution in [-0.2, 0) is 27.7 Å². The molecule has 41 heavy (non-hydrogen) atoms. The molecular weight excluding hydrogens is 619 g/mol. The topological polar surface area (TPSA) is 0 Å². The van der Waals surface area contributed by atoms with Crippen LogP contribution in [0.4, 0.5) is 0 Å². The Morgan fingerprint density at radius 1 is 0.707 bits per heavy atom. The maximum Gasteiger partial charge on any atom is -1.00 e. The first kappa shape index (κ1) is 31.6. The Morgan fingerprint density at radius 3 is 1.83 bits per heavy atom. The van der Waals surface area contributed by atoms with E-state index in [1.165, 1.54) is 44.5 Å². The minimum absolute atomic E-state index is 0. The molecule has 0 bridgehead atoms. The van der Waals surface area contributed by atoms with Gasteiger partial charge in [-0.1, -0.05) is 0 Å². The van der Waals surface area contributed by atoms with Crippen molar-refractivity contribution in [3.05, 3.63) is 145 Å². The molecule has 0 aromatic heterocycles. The maximum absolute atomic E-state index is 2.70. The molecule has 0 radical (unpaired) electrons. The molecular formula is C38H38Cl2Zr. The van der Waals surface area contributed by atoms with E-state index in [9.17, 15) is 0 Å². The molecule has 2 aliphatic carbocycles. The molecule has 0 aliphatic heterocycles. The molecule has 0 N–H and O–H groups in total. The molecule has 3 heteroatoms. The summed E-state index contributed by atoms with van der Waals surface area (Å²) in [5.74, 6) is 0.458. The van der Waals surface area contributed by atoms with Crippen LogP contribution in [0.3, 0.4) is 0 Å². The van der Waals surface area contributed by atoms with Crippen LogP contribution in [-0.4, -0.2) is 3.21 Å². The van der Waals surface area contributed by atoms with Crippen molar-refractivity contribution < 1.29 is 46.1 Å². The van der Waals surface area contributed by atoms with Gasteiger partial charge >= 0.3 is 244 Å². The van der Waals surface area contributed by atoms with Crippen molar-refractivity contribution in [2.75, 3.05) is 0 Å². The Labute approximate surface area is 266 Å². The van der Waals surface area contributed by atoms with Crippen LogP contribution in [0.2, 0.25) is 0 Å². The summed E-state index contributed by atoms with van der Waals surface area (Å²) >= 11 is -2.70. The van der Waals surface area contributed by atoms with E-state index < -0.39 is 21.3 Å². The van der Waals surface area contributed by atoms with Crippen LogP contribution in [0.1, 0.15) is 61.1 Å². The third kappa shape index (κ3) is 6.10. The molecule has 1 unspecified atom stereocenters. The third-order valence-corrected chi connectivity index (χ3v) is 16.5. The van der Waals surface area contributed by atoms with Gasteiger partial charge in [0.25, 0.3) is 0 Å². The number of rotatable bonds is 4. The second kappa shape index (κ2) is 12.5. The Hall–Kier alpha value is -2.31. The predicted octanol–water partition coefficient (Wildman–Crippen LogP) is 2.90. The van der Waals surface area contributed by atoms with E-state index in [-0.39, 0.29) is 30.2 Å². The largest absolute Gasteiger partial charge is 1.00 e. The Kier molecular flexibility index (Phi) is 9.65. The second-order valence-corrected chi connectivity index (χ2v) is 18.2. The number of hydrogen-bond donors (Lipinski definition) is 0. The van der Waals surface area contributed by atoms with Gasteiger partial charge < -0.3 is 24.8 Å². The minimum Gasteiger partial charge on any atom is -1.00 e. The van der Waals surface area contributed by atoms with E-state index in [0.717, 1.165) is 6.42 Å². The van der Waals surface area contributed by atoms with Crippen LogP contribution in [0, 0.1) is 25.2 Å². The van der Waals surface area contributed by atoms with Crippen LogP contribution >= 0.6 is 0 Å². The molecule has 0 heterocycles. The molecule has 0 nitrogen and oxygen atoms in total. The van der Waals surface area contributed by atoms with E-state index in [4.69, 9.17) is 0 Å². The fourth-order valence-electron chi connectivity index (χ4n) is 6.19. The first-order valence-electron chi connectivity index (χ1n) is 14.2. The summed E-state index contributed by atoms with van der Waals surface area (Å²) in [6.07, 6.45) is 6.21. The average molecular weight is 657 g/mol. The van der Waals surface area contributed by atoms with E-state index in [0.29, 0.717) is 5.92 Å². The SMILES string of the molecule is Cc1ccc([C](c2ccc(C)cc2)=[Zr+2]([C]2=CC(C(C)(C)C)=CC2C)[c]2cccc3c2Cc2ccccc2-3)cc1.[Cl-].[Cl-].